The number of carbonyl (C=O) groups is 2. The summed E-state index contributed by atoms with van der Waals surface area (Å²) in [6.07, 6.45) is 0.656. The van der Waals surface area contributed by atoms with Crippen molar-refractivity contribution in [3.05, 3.63) is 64.7 Å². The second-order valence-electron chi connectivity index (χ2n) is 10.1. The van der Waals surface area contributed by atoms with Crippen LogP contribution in [0.15, 0.2) is 48.5 Å². The van der Waals surface area contributed by atoms with Crippen LogP contribution in [0.4, 0.5) is 5.69 Å². The SMILES string of the molecule is COC(=O)Cc1ccc(N[C@@H](C(=O)N2CC[C@](O)(c3ccc(Cl)cc3)C(C)(C)C2)C(C)C)cc1. The fourth-order valence-corrected chi connectivity index (χ4v) is 4.74. The first-order valence-electron chi connectivity index (χ1n) is 11.7. The third-order valence-electron chi connectivity index (χ3n) is 6.87. The number of carbonyl (C=O) groups excluding carboxylic acids is 2. The molecule has 0 saturated carbocycles. The molecule has 34 heavy (non-hydrogen) atoms. The third-order valence-corrected chi connectivity index (χ3v) is 7.12. The summed E-state index contributed by atoms with van der Waals surface area (Å²) in [6, 6.07) is 14.4. The van der Waals surface area contributed by atoms with Crippen molar-refractivity contribution in [2.75, 3.05) is 25.5 Å². The molecule has 7 heteroatoms. The Morgan fingerprint density at radius 1 is 1.12 bits per heavy atom. The molecule has 2 N–H and O–H groups in total. The van der Waals surface area contributed by atoms with Crippen molar-refractivity contribution in [3.8, 4) is 0 Å². The Labute approximate surface area is 207 Å². The van der Waals surface area contributed by atoms with E-state index < -0.39 is 17.1 Å². The Hall–Kier alpha value is -2.57. The van der Waals surface area contributed by atoms with Gasteiger partial charge in [-0.1, -0.05) is 63.6 Å². The molecule has 0 radical (unpaired) electrons. The molecule has 2 aromatic rings. The monoisotopic (exact) mass is 486 g/mol. The van der Waals surface area contributed by atoms with E-state index in [-0.39, 0.29) is 24.2 Å². The van der Waals surface area contributed by atoms with Gasteiger partial charge in [-0.05, 0) is 47.7 Å². The zero-order valence-electron chi connectivity index (χ0n) is 20.6. The van der Waals surface area contributed by atoms with E-state index in [1.807, 2.05) is 69.0 Å². The molecule has 0 spiro atoms. The number of nitrogens with one attached hydrogen (secondary N) is 1. The first-order valence-corrected chi connectivity index (χ1v) is 12.0. The maximum atomic E-state index is 13.6. The van der Waals surface area contributed by atoms with Gasteiger partial charge < -0.3 is 20.1 Å². The van der Waals surface area contributed by atoms with Crippen molar-refractivity contribution in [1.29, 1.82) is 0 Å². The highest BCUT2D eigenvalue weighted by molar-refractivity contribution is 6.30. The molecule has 0 unspecified atom stereocenters. The number of halogens is 1. The lowest BCUT2D eigenvalue weighted by Crippen LogP contribution is -2.59. The molecule has 1 amide bonds. The molecule has 2 aromatic carbocycles. The lowest BCUT2D eigenvalue weighted by molar-refractivity contribution is -0.154. The van der Waals surface area contributed by atoms with Crippen molar-refractivity contribution in [2.24, 2.45) is 11.3 Å². The van der Waals surface area contributed by atoms with Crippen LogP contribution in [0.5, 0.6) is 0 Å². The van der Waals surface area contributed by atoms with Crippen LogP contribution in [0.25, 0.3) is 0 Å². The van der Waals surface area contributed by atoms with Crippen LogP contribution in [0, 0.1) is 11.3 Å². The predicted octanol–water partition coefficient (Wildman–Crippen LogP) is 4.64. The zero-order chi connectivity index (χ0) is 25.1. The molecule has 0 aromatic heterocycles. The summed E-state index contributed by atoms with van der Waals surface area (Å²) >= 11 is 6.04. The van der Waals surface area contributed by atoms with Gasteiger partial charge in [-0.15, -0.1) is 0 Å². The molecule has 1 aliphatic heterocycles. The molecule has 0 bridgehead atoms. The van der Waals surface area contributed by atoms with Crippen LogP contribution >= 0.6 is 11.6 Å². The Morgan fingerprint density at radius 3 is 2.26 bits per heavy atom. The molecule has 1 saturated heterocycles. The van der Waals surface area contributed by atoms with E-state index in [9.17, 15) is 14.7 Å². The number of likely N-dealkylation sites (tertiary alicyclic amines) is 1. The fraction of sp³-hybridized carbons (Fsp3) is 0.481. The van der Waals surface area contributed by atoms with E-state index in [0.29, 0.717) is 24.5 Å². The average Bonchev–Trinajstić information content (AvgIpc) is 2.80. The highest BCUT2D eigenvalue weighted by atomic mass is 35.5. The number of esters is 1. The summed E-state index contributed by atoms with van der Waals surface area (Å²) in [5, 5.41) is 15.6. The first kappa shape index (κ1) is 26.0. The Balaban J connectivity index is 1.73. The summed E-state index contributed by atoms with van der Waals surface area (Å²) in [5.74, 6) is -0.218. The Bertz CT molecular complexity index is 1000. The number of anilines is 1. The second kappa shape index (κ2) is 10.4. The highest BCUT2D eigenvalue weighted by Crippen LogP contribution is 2.46. The Kier molecular flexibility index (Phi) is 7.94. The van der Waals surface area contributed by atoms with Crippen LogP contribution in [0.3, 0.4) is 0 Å². The number of benzene rings is 2. The summed E-state index contributed by atoms with van der Waals surface area (Å²) in [6.45, 7) is 8.93. The topological polar surface area (TPSA) is 78.9 Å². The quantitative estimate of drug-likeness (QED) is 0.557. The molecular weight excluding hydrogens is 452 g/mol. The number of rotatable bonds is 7. The minimum absolute atomic E-state index is 0.0138. The van der Waals surface area contributed by atoms with Crippen LogP contribution in [-0.4, -0.2) is 48.1 Å². The molecule has 1 fully saturated rings. The molecule has 1 aliphatic rings. The Morgan fingerprint density at radius 2 is 1.74 bits per heavy atom. The van der Waals surface area contributed by atoms with Crippen molar-refractivity contribution >= 4 is 29.2 Å². The van der Waals surface area contributed by atoms with Crippen LogP contribution in [0.1, 0.15) is 45.2 Å². The van der Waals surface area contributed by atoms with Gasteiger partial charge in [0.05, 0.1) is 19.1 Å². The molecular formula is C27H35ClN2O4. The smallest absolute Gasteiger partial charge is 0.309 e. The summed E-state index contributed by atoms with van der Waals surface area (Å²) in [5.41, 5.74) is 0.884. The molecule has 2 atom stereocenters. The van der Waals surface area contributed by atoms with Crippen LogP contribution < -0.4 is 5.32 Å². The van der Waals surface area contributed by atoms with Gasteiger partial charge in [-0.2, -0.15) is 0 Å². The third kappa shape index (κ3) is 5.56. The van der Waals surface area contributed by atoms with E-state index in [0.717, 1.165) is 16.8 Å². The minimum atomic E-state index is -1.05. The summed E-state index contributed by atoms with van der Waals surface area (Å²) in [7, 11) is 1.37. The largest absolute Gasteiger partial charge is 0.469 e. The summed E-state index contributed by atoms with van der Waals surface area (Å²) < 4.78 is 4.72. The maximum Gasteiger partial charge on any atom is 0.309 e. The average molecular weight is 487 g/mol. The number of amides is 1. The number of methoxy groups -OCH3 is 1. The number of piperidine rings is 1. The van der Waals surface area contributed by atoms with Crippen LogP contribution in [-0.2, 0) is 26.3 Å². The molecule has 3 rings (SSSR count). The van der Waals surface area contributed by atoms with Gasteiger partial charge in [0.25, 0.3) is 0 Å². The lowest BCUT2D eigenvalue weighted by atomic mass is 9.66. The number of nitrogens with zero attached hydrogens (tertiary/aromatic N) is 1. The zero-order valence-corrected chi connectivity index (χ0v) is 21.4. The number of aliphatic hydroxyl groups is 1. The van der Waals surface area contributed by atoms with E-state index in [1.54, 1.807) is 12.1 Å². The van der Waals surface area contributed by atoms with E-state index in [4.69, 9.17) is 16.3 Å². The van der Waals surface area contributed by atoms with E-state index >= 15 is 0 Å². The molecule has 184 valence electrons. The van der Waals surface area contributed by atoms with Gasteiger partial charge in [0.2, 0.25) is 5.91 Å². The highest BCUT2D eigenvalue weighted by Gasteiger charge is 2.50. The maximum absolute atomic E-state index is 13.6. The standard InChI is InChI=1S/C27H35ClN2O4/c1-18(2)24(29-22-12-6-19(7-13-22)16-23(31)34-5)25(32)30-15-14-27(33,26(3,4)17-30)20-8-10-21(28)11-9-20/h6-13,18,24,29,33H,14-17H2,1-5H3/t24-,27+/m1/s1. The molecule has 0 aliphatic carbocycles. The molecule has 1 heterocycles. The van der Waals surface area contributed by atoms with Gasteiger partial charge in [-0.25, -0.2) is 0 Å². The van der Waals surface area contributed by atoms with E-state index in [1.165, 1.54) is 7.11 Å². The summed E-state index contributed by atoms with van der Waals surface area (Å²) in [4.78, 5) is 26.9. The second-order valence-corrected chi connectivity index (χ2v) is 10.5. The molecule has 6 nitrogen and oxygen atoms in total. The first-order chi connectivity index (χ1) is 16.0. The predicted molar refractivity (Wildman–Crippen MR) is 135 cm³/mol. The van der Waals surface area contributed by atoms with Crippen molar-refractivity contribution in [1.82, 2.24) is 4.90 Å². The number of ether oxygens (including phenoxy) is 1. The van der Waals surface area contributed by atoms with Gasteiger partial charge in [0.15, 0.2) is 0 Å². The van der Waals surface area contributed by atoms with Crippen molar-refractivity contribution < 1.29 is 19.4 Å². The van der Waals surface area contributed by atoms with Gasteiger partial charge in [-0.3, -0.25) is 9.59 Å². The fourth-order valence-electron chi connectivity index (χ4n) is 4.62. The number of hydrogen-bond donors (Lipinski definition) is 2. The van der Waals surface area contributed by atoms with E-state index in [2.05, 4.69) is 5.32 Å². The van der Waals surface area contributed by atoms with Gasteiger partial charge in [0, 0.05) is 29.2 Å². The van der Waals surface area contributed by atoms with Crippen molar-refractivity contribution in [3.63, 3.8) is 0 Å². The van der Waals surface area contributed by atoms with Gasteiger partial charge >= 0.3 is 5.97 Å². The normalized spacial score (nSPS) is 20.6. The lowest BCUT2D eigenvalue weighted by Gasteiger charge is -2.51. The minimum Gasteiger partial charge on any atom is -0.469 e. The van der Waals surface area contributed by atoms with Crippen LogP contribution in [0.2, 0.25) is 5.02 Å². The van der Waals surface area contributed by atoms with Crippen molar-refractivity contribution in [2.45, 2.75) is 52.2 Å². The van der Waals surface area contributed by atoms with Gasteiger partial charge in [0.1, 0.15) is 6.04 Å². The number of hydrogen-bond acceptors (Lipinski definition) is 5.